The van der Waals surface area contributed by atoms with Gasteiger partial charge in [-0.1, -0.05) is 39.0 Å². The standard InChI is InChI=1S/C22H28N2O4/c1-22(2,3)17-6-8-18(9-7-17)26-12-4-11-23-21(25)24-14-16-5-10-19-20(13-16)28-15-27-19/h5-10,13H,4,11-12,14-15H2,1-3H3,(H2,23,24,25). The number of benzene rings is 2. The fourth-order valence-electron chi connectivity index (χ4n) is 2.81. The highest BCUT2D eigenvalue weighted by Gasteiger charge is 2.14. The van der Waals surface area contributed by atoms with Gasteiger partial charge >= 0.3 is 6.03 Å². The van der Waals surface area contributed by atoms with E-state index >= 15 is 0 Å². The first-order valence-electron chi connectivity index (χ1n) is 9.55. The van der Waals surface area contributed by atoms with Gasteiger partial charge in [0.1, 0.15) is 5.75 Å². The fraction of sp³-hybridized carbons (Fsp3) is 0.409. The highest BCUT2D eigenvalue weighted by Crippen LogP contribution is 2.32. The van der Waals surface area contributed by atoms with Crippen LogP contribution < -0.4 is 24.8 Å². The molecule has 150 valence electrons. The van der Waals surface area contributed by atoms with Crippen molar-refractivity contribution in [2.75, 3.05) is 19.9 Å². The van der Waals surface area contributed by atoms with Crippen LogP contribution in [0.5, 0.6) is 17.2 Å². The Bertz CT molecular complexity index is 797. The molecule has 6 nitrogen and oxygen atoms in total. The van der Waals surface area contributed by atoms with Crippen LogP contribution >= 0.6 is 0 Å². The number of hydrogen-bond donors (Lipinski definition) is 2. The van der Waals surface area contributed by atoms with Crippen LogP contribution in [0.3, 0.4) is 0 Å². The second-order valence-corrected chi connectivity index (χ2v) is 7.77. The Morgan fingerprint density at radius 1 is 1.04 bits per heavy atom. The van der Waals surface area contributed by atoms with E-state index in [1.807, 2.05) is 30.3 Å². The molecule has 0 aromatic heterocycles. The third-order valence-corrected chi connectivity index (χ3v) is 4.49. The summed E-state index contributed by atoms with van der Waals surface area (Å²) in [5, 5.41) is 5.67. The quantitative estimate of drug-likeness (QED) is 0.709. The first kappa shape index (κ1) is 19.9. The number of hydrogen-bond acceptors (Lipinski definition) is 4. The molecule has 0 fully saturated rings. The van der Waals surface area contributed by atoms with Crippen molar-refractivity contribution in [3.63, 3.8) is 0 Å². The fourth-order valence-corrected chi connectivity index (χ4v) is 2.81. The van der Waals surface area contributed by atoms with Crippen molar-refractivity contribution < 1.29 is 19.0 Å². The summed E-state index contributed by atoms with van der Waals surface area (Å²) < 4.78 is 16.3. The molecule has 28 heavy (non-hydrogen) atoms. The third kappa shape index (κ3) is 5.55. The maximum atomic E-state index is 11.9. The smallest absolute Gasteiger partial charge is 0.315 e. The lowest BCUT2D eigenvalue weighted by atomic mass is 9.87. The number of carbonyl (C=O) groups is 1. The van der Waals surface area contributed by atoms with E-state index in [1.54, 1.807) is 0 Å². The monoisotopic (exact) mass is 384 g/mol. The Labute approximate surface area is 166 Å². The second kappa shape index (κ2) is 8.87. The number of rotatable bonds is 7. The van der Waals surface area contributed by atoms with E-state index in [0.29, 0.717) is 25.4 Å². The maximum absolute atomic E-state index is 11.9. The van der Waals surface area contributed by atoms with Crippen molar-refractivity contribution in [2.24, 2.45) is 0 Å². The summed E-state index contributed by atoms with van der Waals surface area (Å²) in [6.45, 7) is 8.34. The zero-order chi connectivity index (χ0) is 20.0. The number of amides is 2. The van der Waals surface area contributed by atoms with Gasteiger partial charge in [0.25, 0.3) is 0 Å². The number of urea groups is 1. The van der Waals surface area contributed by atoms with Gasteiger partial charge in [-0.3, -0.25) is 0 Å². The van der Waals surface area contributed by atoms with Crippen LogP contribution in [0.1, 0.15) is 38.3 Å². The Morgan fingerprint density at radius 3 is 2.54 bits per heavy atom. The lowest BCUT2D eigenvalue weighted by Crippen LogP contribution is -2.36. The molecule has 1 aliphatic heterocycles. The molecule has 0 atom stereocenters. The molecule has 0 unspecified atom stereocenters. The zero-order valence-electron chi connectivity index (χ0n) is 16.7. The Morgan fingerprint density at radius 2 is 1.79 bits per heavy atom. The summed E-state index contributed by atoms with van der Waals surface area (Å²) in [4.78, 5) is 11.9. The van der Waals surface area contributed by atoms with Gasteiger partial charge in [-0.05, 0) is 47.2 Å². The van der Waals surface area contributed by atoms with Gasteiger partial charge in [0.05, 0.1) is 6.61 Å². The molecule has 2 N–H and O–H groups in total. The van der Waals surface area contributed by atoms with Crippen LogP contribution in [-0.2, 0) is 12.0 Å². The van der Waals surface area contributed by atoms with Crippen molar-refractivity contribution in [3.8, 4) is 17.2 Å². The second-order valence-electron chi connectivity index (χ2n) is 7.77. The molecule has 6 heteroatoms. The van der Waals surface area contributed by atoms with Crippen molar-refractivity contribution in [1.29, 1.82) is 0 Å². The van der Waals surface area contributed by atoms with Gasteiger partial charge < -0.3 is 24.8 Å². The highest BCUT2D eigenvalue weighted by atomic mass is 16.7. The minimum absolute atomic E-state index is 0.135. The van der Waals surface area contributed by atoms with E-state index in [4.69, 9.17) is 14.2 Å². The van der Waals surface area contributed by atoms with Crippen LogP contribution in [-0.4, -0.2) is 26.0 Å². The van der Waals surface area contributed by atoms with Crippen LogP contribution in [0, 0.1) is 0 Å². The summed E-state index contributed by atoms with van der Waals surface area (Å²) >= 11 is 0. The van der Waals surface area contributed by atoms with Gasteiger partial charge in [0.2, 0.25) is 6.79 Å². The molecule has 0 aliphatic carbocycles. The molecule has 0 bridgehead atoms. The summed E-state index contributed by atoms with van der Waals surface area (Å²) in [5.74, 6) is 2.30. The SMILES string of the molecule is CC(C)(C)c1ccc(OCCCNC(=O)NCc2ccc3c(c2)OCO3)cc1. The van der Waals surface area contributed by atoms with E-state index in [0.717, 1.165) is 23.5 Å². The topological polar surface area (TPSA) is 68.8 Å². The lowest BCUT2D eigenvalue weighted by molar-refractivity contribution is 0.174. The minimum atomic E-state index is -0.202. The molecule has 1 aliphatic rings. The third-order valence-electron chi connectivity index (χ3n) is 4.49. The van der Waals surface area contributed by atoms with Crippen LogP contribution in [0.4, 0.5) is 4.79 Å². The zero-order valence-corrected chi connectivity index (χ0v) is 16.7. The minimum Gasteiger partial charge on any atom is -0.494 e. The molecule has 3 rings (SSSR count). The molecule has 0 saturated heterocycles. The summed E-state index contributed by atoms with van der Waals surface area (Å²) in [7, 11) is 0. The number of carbonyl (C=O) groups excluding carboxylic acids is 1. The van der Waals surface area contributed by atoms with Crippen molar-refractivity contribution >= 4 is 6.03 Å². The van der Waals surface area contributed by atoms with Crippen molar-refractivity contribution in [3.05, 3.63) is 53.6 Å². The number of nitrogens with one attached hydrogen (secondary N) is 2. The number of ether oxygens (including phenoxy) is 3. The first-order chi connectivity index (χ1) is 13.4. The molecule has 1 heterocycles. The summed E-state index contributed by atoms with van der Waals surface area (Å²) in [6.07, 6.45) is 0.735. The molecule has 0 spiro atoms. The van der Waals surface area contributed by atoms with E-state index in [1.165, 1.54) is 5.56 Å². The summed E-state index contributed by atoms with van der Waals surface area (Å²) in [6, 6.07) is 13.6. The van der Waals surface area contributed by atoms with E-state index in [9.17, 15) is 4.79 Å². The van der Waals surface area contributed by atoms with Gasteiger partial charge in [0, 0.05) is 13.1 Å². The van der Waals surface area contributed by atoms with Crippen molar-refractivity contribution in [1.82, 2.24) is 10.6 Å². The van der Waals surface area contributed by atoms with E-state index in [2.05, 4.69) is 43.5 Å². The predicted octanol–water partition coefficient (Wildman–Crippen LogP) is 3.98. The molecule has 2 aromatic carbocycles. The normalized spacial score (nSPS) is 12.5. The largest absolute Gasteiger partial charge is 0.494 e. The molecule has 2 aromatic rings. The van der Waals surface area contributed by atoms with Gasteiger partial charge in [-0.25, -0.2) is 4.79 Å². The first-order valence-corrected chi connectivity index (χ1v) is 9.55. The molecular formula is C22H28N2O4. The number of fused-ring (bicyclic) bond motifs is 1. The molecule has 2 amide bonds. The highest BCUT2D eigenvalue weighted by molar-refractivity contribution is 5.73. The van der Waals surface area contributed by atoms with Crippen LogP contribution in [0.25, 0.3) is 0 Å². The van der Waals surface area contributed by atoms with Crippen LogP contribution in [0.2, 0.25) is 0 Å². The average molecular weight is 384 g/mol. The Hall–Kier alpha value is -2.89. The molecular weight excluding hydrogens is 356 g/mol. The summed E-state index contributed by atoms with van der Waals surface area (Å²) in [5.41, 5.74) is 2.37. The van der Waals surface area contributed by atoms with E-state index < -0.39 is 0 Å². The Balaban J connectivity index is 1.30. The Kier molecular flexibility index (Phi) is 6.29. The van der Waals surface area contributed by atoms with Crippen molar-refractivity contribution in [2.45, 2.75) is 39.2 Å². The van der Waals surface area contributed by atoms with Gasteiger partial charge in [0.15, 0.2) is 11.5 Å². The maximum Gasteiger partial charge on any atom is 0.315 e. The van der Waals surface area contributed by atoms with Crippen LogP contribution in [0.15, 0.2) is 42.5 Å². The average Bonchev–Trinajstić information content (AvgIpc) is 3.13. The molecule has 0 saturated carbocycles. The molecule has 0 radical (unpaired) electrons. The van der Waals surface area contributed by atoms with Gasteiger partial charge in [-0.15, -0.1) is 0 Å². The van der Waals surface area contributed by atoms with E-state index in [-0.39, 0.29) is 18.2 Å². The predicted molar refractivity (Wildman–Crippen MR) is 108 cm³/mol. The van der Waals surface area contributed by atoms with Gasteiger partial charge in [-0.2, -0.15) is 0 Å². The lowest BCUT2D eigenvalue weighted by Gasteiger charge is -2.19.